The highest BCUT2D eigenvalue weighted by molar-refractivity contribution is 5.33. The summed E-state index contributed by atoms with van der Waals surface area (Å²) in [6.07, 6.45) is 6.89. The van der Waals surface area contributed by atoms with Gasteiger partial charge in [-0.1, -0.05) is 37.3 Å². The quantitative estimate of drug-likeness (QED) is 0.588. The number of rotatable bonds is 8. The Labute approximate surface area is 128 Å². The molecule has 0 heterocycles. The molecule has 21 heavy (non-hydrogen) atoms. The van der Waals surface area contributed by atoms with E-state index in [4.69, 9.17) is 9.47 Å². The molecule has 0 radical (unpaired) electrons. The van der Waals surface area contributed by atoms with Gasteiger partial charge in [-0.15, -0.1) is 0 Å². The molecule has 2 rings (SSSR count). The summed E-state index contributed by atoms with van der Waals surface area (Å²) in [6, 6.07) is 8.14. The Bertz CT molecular complexity index is 445. The number of nitrogens with one attached hydrogen (secondary N) is 1. The minimum atomic E-state index is 0.609. The predicted octanol–water partition coefficient (Wildman–Crippen LogP) is 3.40. The lowest BCUT2D eigenvalue weighted by molar-refractivity contribution is 0.0584. The molecule has 1 aliphatic rings. The van der Waals surface area contributed by atoms with E-state index in [-0.39, 0.29) is 0 Å². The predicted molar refractivity (Wildman–Crippen MR) is 86.5 cm³/mol. The molecule has 0 aromatic heterocycles. The third-order valence-corrected chi connectivity index (χ3v) is 4.08. The van der Waals surface area contributed by atoms with Crippen LogP contribution in [-0.2, 0) is 11.3 Å². The normalized spacial score (nSPS) is 21.4. The summed E-state index contributed by atoms with van der Waals surface area (Å²) in [5.41, 5.74) is 1.19. The number of para-hydroxylation sites is 1. The summed E-state index contributed by atoms with van der Waals surface area (Å²) < 4.78 is 11.6. The first-order chi connectivity index (χ1) is 10.3. The molecule has 1 N–H and O–H groups in total. The molecule has 0 saturated carbocycles. The highest BCUT2D eigenvalue weighted by Crippen LogP contribution is 2.25. The molecule has 0 bridgehead atoms. The number of hydrogen-bond acceptors (Lipinski definition) is 3. The second-order valence-corrected chi connectivity index (χ2v) is 5.74. The summed E-state index contributed by atoms with van der Waals surface area (Å²) in [6.45, 7) is 5.23. The second-order valence-electron chi connectivity index (χ2n) is 5.74. The van der Waals surface area contributed by atoms with Gasteiger partial charge in [0.25, 0.3) is 0 Å². The molecule has 116 valence electrons. The zero-order valence-electron chi connectivity index (χ0n) is 13.2. The minimum Gasteiger partial charge on any atom is -0.491 e. The fraction of sp³-hybridized carbons (Fsp3) is 0.556. The van der Waals surface area contributed by atoms with Crippen molar-refractivity contribution in [3.05, 3.63) is 42.0 Å². The fourth-order valence-electron chi connectivity index (χ4n) is 2.67. The Morgan fingerprint density at radius 2 is 1.95 bits per heavy atom. The van der Waals surface area contributed by atoms with Gasteiger partial charge in [-0.2, -0.15) is 0 Å². The zero-order valence-corrected chi connectivity index (χ0v) is 13.2. The van der Waals surface area contributed by atoms with Crippen LogP contribution in [0, 0.1) is 11.8 Å². The van der Waals surface area contributed by atoms with Crippen LogP contribution in [0.25, 0.3) is 0 Å². The first-order valence-electron chi connectivity index (χ1n) is 7.89. The van der Waals surface area contributed by atoms with Gasteiger partial charge in [-0.05, 0) is 37.8 Å². The Balaban J connectivity index is 1.67. The molecule has 1 aromatic rings. The first kappa shape index (κ1) is 16.1. The van der Waals surface area contributed by atoms with E-state index >= 15 is 0 Å². The molecule has 2 unspecified atom stereocenters. The first-order valence-corrected chi connectivity index (χ1v) is 7.89. The van der Waals surface area contributed by atoms with Gasteiger partial charge >= 0.3 is 0 Å². The summed E-state index contributed by atoms with van der Waals surface area (Å²) >= 11 is 0. The topological polar surface area (TPSA) is 30.5 Å². The van der Waals surface area contributed by atoms with E-state index in [9.17, 15) is 0 Å². The number of hydrogen-bond donors (Lipinski definition) is 1. The van der Waals surface area contributed by atoms with Crippen molar-refractivity contribution in [2.24, 2.45) is 11.8 Å². The fourth-order valence-corrected chi connectivity index (χ4v) is 2.67. The lowest BCUT2D eigenvalue weighted by Gasteiger charge is -2.24. The molecule has 0 spiro atoms. The molecule has 0 saturated heterocycles. The lowest BCUT2D eigenvalue weighted by atomic mass is 9.85. The van der Waals surface area contributed by atoms with E-state index in [0.717, 1.165) is 31.2 Å². The SMILES string of the molecule is CNCc1ccccc1OCCOCC1CC=CCC1C. The molecule has 0 amide bonds. The van der Waals surface area contributed by atoms with E-state index in [1.54, 1.807) is 0 Å². The summed E-state index contributed by atoms with van der Waals surface area (Å²) in [7, 11) is 1.94. The van der Waals surface area contributed by atoms with Crippen molar-refractivity contribution in [3.8, 4) is 5.75 Å². The highest BCUT2D eigenvalue weighted by atomic mass is 16.5. The largest absolute Gasteiger partial charge is 0.491 e. The van der Waals surface area contributed by atoms with E-state index < -0.39 is 0 Å². The third-order valence-electron chi connectivity index (χ3n) is 4.08. The Hall–Kier alpha value is -1.32. The molecule has 1 aliphatic carbocycles. The average Bonchev–Trinajstić information content (AvgIpc) is 2.50. The summed E-state index contributed by atoms with van der Waals surface area (Å²) in [4.78, 5) is 0. The number of benzene rings is 1. The minimum absolute atomic E-state index is 0.609. The monoisotopic (exact) mass is 289 g/mol. The maximum Gasteiger partial charge on any atom is 0.123 e. The zero-order chi connectivity index (χ0) is 14.9. The van der Waals surface area contributed by atoms with Crippen molar-refractivity contribution in [3.63, 3.8) is 0 Å². The highest BCUT2D eigenvalue weighted by Gasteiger charge is 2.18. The summed E-state index contributed by atoms with van der Waals surface area (Å²) in [5, 5.41) is 3.16. The van der Waals surface area contributed by atoms with E-state index in [1.165, 1.54) is 12.0 Å². The van der Waals surface area contributed by atoms with Crippen molar-refractivity contribution in [2.45, 2.75) is 26.3 Å². The van der Waals surface area contributed by atoms with Crippen molar-refractivity contribution < 1.29 is 9.47 Å². The molecule has 2 atom stereocenters. The average molecular weight is 289 g/mol. The van der Waals surface area contributed by atoms with Gasteiger partial charge in [0.1, 0.15) is 12.4 Å². The maximum atomic E-state index is 5.83. The Morgan fingerprint density at radius 3 is 2.76 bits per heavy atom. The van der Waals surface area contributed by atoms with Crippen LogP contribution in [0.3, 0.4) is 0 Å². The van der Waals surface area contributed by atoms with Crippen LogP contribution < -0.4 is 10.1 Å². The van der Waals surface area contributed by atoms with Gasteiger partial charge in [0, 0.05) is 12.1 Å². The summed E-state index contributed by atoms with van der Waals surface area (Å²) in [5.74, 6) is 2.34. The van der Waals surface area contributed by atoms with Gasteiger partial charge < -0.3 is 14.8 Å². The maximum absolute atomic E-state index is 5.83. The van der Waals surface area contributed by atoms with E-state index in [1.807, 2.05) is 25.2 Å². The van der Waals surface area contributed by atoms with Crippen molar-refractivity contribution in [1.82, 2.24) is 5.32 Å². The van der Waals surface area contributed by atoms with Gasteiger partial charge in [-0.3, -0.25) is 0 Å². The van der Waals surface area contributed by atoms with Crippen LogP contribution in [-0.4, -0.2) is 26.9 Å². The van der Waals surface area contributed by atoms with Crippen molar-refractivity contribution in [2.75, 3.05) is 26.9 Å². The van der Waals surface area contributed by atoms with Crippen LogP contribution in [0.5, 0.6) is 5.75 Å². The van der Waals surface area contributed by atoms with Crippen LogP contribution in [0.15, 0.2) is 36.4 Å². The van der Waals surface area contributed by atoms with E-state index in [2.05, 4.69) is 30.5 Å². The Morgan fingerprint density at radius 1 is 1.14 bits per heavy atom. The molecule has 3 heteroatoms. The molecular weight excluding hydrogens is 262 g/mol. The van der Waals surface area contributed by atoms with Crippen molar-refractivity contribution >= 4 is 0 Å². The molecule has 3 nitrogen and oxygen atoms in total. The van der Waals surface area contributed by atoms with Gasteiger partial charge in [0.2, 0.25) is 0 Å². The number of ether oxygens (including phenoxy) is 2. The van der Waals surface area contributed by atoms with Crippen LogP contribution >= 0.6 is 0 Å². The van der Waals surface area contributed by atoms with Gasteiger partial charge in [0.05, 0.1) is 13.2 Å². The van der Waals surface area contributed by atoms with E-state index in [0.29, 0.717) is 19.1 Å². The molecule has 1 aromatic carbocycles. The van der Waals surface area contributed by atoms with Gasteiger partial charge in [0.15, 0.2) is 0 Å². The molecule has 0 fully saturated rings. The smallest absolute Gasteiger partial charge is 0.123 e. The Kier molecular flexibility index (Phi) is 6.77. The molecular formula is C18H27NO2. The second kappa shape index (κ2) is 8.85. The van der Waals surface area contributed by atoms with Crippen molar-refractivity contribution in [1.29, 1.82) is 0 Å². The number of allylic oxidation sites excluding steroid dienone is 2. The third kappa shape index (κ3) is 5.18. The van der Waals surface area contributed by atoms with Crippen LogP contribution in [0.1, 0.15) is 25.3 Å². The van der Waals surface area contributed by atoms with Crippen LogP contribution in [0.2, 0.25) is 0 Å². The molecule has 0 aliphatic heterocycles. The lowest BCUT2D eigenvalue weighted by Crippen LogP contribution is -2.21. The standard InChI is InChI=1S/C18H27NO2/c1-15-7-3-4-9-17(15)14-20-11-12-21-18-10-6-5-8-16(18)13-19-2/h3-6,8,10,15,17,19H,7,9,11-14H2,1-2H3. The van der Waals surface area contributed by atoms with Gasteiger partial charge in [-0.25, -0.2) is 0 Å². The van der Waals surface area contributed by atoms with Crippen LogP contribution in [0.4, 0.5) is 0 Å².